The van der Waals surface area contributed by atoms with Crippen molar-refractivity contribution < 1.29 is 13.2 Å². The minimum absolute atomic E-state index is 0.0144. The maximum absolute atomic E-state index is 12.5. The third kappa shape index (κ3) is 4.09. The summed E-state index contributed by atoms with van der Waals surface area (Å²) >= 11 is 0. The maximum Gasteiger partial charge on any atom is 0.244 e. The first kappa shape index (κ1) is 17.0. The molecule has 5 nitrogen and oxygen atoms in total. The Morgan fingerprint density at radius 1 is 1.17 bits per heavy atom. The summed E-state index contributed by atoms with van der Waals surface area (Å²) in [4.78, 5) is 0.0144. The first-order valence-corrected chi connectivity index (χ1v) is 8.54. The molecular weight excluding hydrogens is 312 g/mol. The third-order valence-electron chi connectivity index (χ3n) is 3.36. The molecule has 0 aliphatic carbocycles. The molecule has 23 heavy (non-hydrogen) atoms. The normalized spacial score (nSPS) is 11.2. The molecule has 2 aromatic carbocycles. The fourth-order valence-corrected chi connectivity index (χ4v) is 3.36. The van der Waals surface area contributed by atoms with Crippen LogP contribution in [-0.4, -0.2) is 32.9 Å². The van der Waals surface area contributed by atoms with Gasteiger partial charge in [0.15, 0.2) is 0 Å². The predicted octanol–water partition coefficient (Wildman–Crippen LogP) is 2.57. The topological polar surface area (TPSA) is 70.4 Å². The molecule has 0 unspecified atom stereocenters. The van der Waals surface area contributed by atoms with Gasteiger partial charge in [0.05, 0.1) is 10.5 Å². The molecule has 0 heterocycles. The van der Waals surface area contributed by atoms with E-state index in [2.05, 4.69) is 0 Å². The van der Waals surface area contributed by atoms with Crippen molar-refractivity contribution in [1.82, 2.24) is 4.31 Å². The van der Waals surface area contributed by atoms with E-state index in [1.165, 1.54) is 23.5 Å². The Bertz CT molecular complexity index is 826. The van der Waals surface area contributed by atoms with Gasteiger partial charge in [-0.2, -0.15) is 9.57 Å². The maximum atomic E-state index is 12.5. The highest BCUT2D eigenvalue weighted by Crippen LogP contribution is 2.18. The Hall–Kier alpha value is -2.36. The lowest BCUT2D eigenvalue weighted by Crippen LogP contribution is -2.31. The first-order chi connectivity index (χ1) is 10.9. The Kier molecular flexibility index (Phi) is 5.37. The number of hydrogen-bond donors (Lipinski definition) is 0. The summed E-state index contributed by atoms with van der Waals surface area (Å²) in [7, 11) is -2.24. The standard InChI is InChI=1S/C17H18N2O3S/c1-14-6-5-8-16(12-14)22-11-10-19(2)23(20,21)17-9-4-3-7-15(17)13-18/h3-9,12H,10-11H2,1-2H3. The van der Waals surface area contributed by atoms with Crippen molar-refractivity contribution in [2.24, 2.45) is 0 Å². The van der Waals surface area contributed by atoms with Crippen molar-refractivity contribution in [3.05, 3.63) is 59.7 Å². The van der Waals surface area contributed by atoms with Crippen molar-refractivity contribution in [3.8, 4) is 11.8 Å². The van der Waals surface area contributed by atoms with E-state index in [0.29, 0.717) is 5.75 Å². The minimum Gasteiger partial charge on any atom is -0.492 e. The highest BCUT2D eigenvalue weighted by Gasteiger charge is 2.23. The lowest BCUT2D eigenvalue weighted by molar-refractivity contribution is 0.286. The van der Waals surface area contributed by atoms with Gasteiger partial charge in [0.25, 0.3) is 0 Å². The molecule has 120 valence electrons. The van der Waals surface area contributed by atoms with Crippen LogP contribution in [0, 0.1) is 18.3 Å². The second-order valence-corrected chi connectivity index (χ2v) is 7.11. The fraction of sp³-hybridized carbons (Fsp3) is 0.235. The van der Waals surface area contributed by atoms with E-state index in [1.807, 2.05) is 37.3 Å². The summed E-state index contributed by atoms with van der Waals surface area (Å²) < 4.78 is 31.8. The number of nitrogens with zero attached hydrogens (tertiary/aromatic N) is 2. The second-order valence-electron chi connectivity index (χ2n) is 5.10. The number of ether oxygens (including phenoxy) is 1. The molecule has 6 heteroatoms. The molecular formula is C17H18N2O3S. The zero-order chi connectivity index (χ0) is 16.9. The van der Waals surface area contributed by atoms with E-state index < -0.39 is 10.0 Å². The molecule has 0 spiro atoms. The molecule has 0 N–H and O–H groups in total. The Balaban J connectivity index is 2.05. The number of sulfonamides is 1. The molecule has 2 aromatic rings. The molecule has 0 fully saturated rings. The Morgan fingerprint density at radius 2 is 1.91 bits per heavy atom. The van der Waals surface area contributed by atoms with E-state index in [-0.39, 0.29) is 23.6 Å². The van der Waals surface area contributed by atoms with Gasteiger partial charge in [-0.3, -0.25) is 0 Å². The number of aryl methyl sites for hydroxylation is 1. The lowest BCUT2D eigenvalue weighted by atomic mass is 10.2. The summed E-state index contributed by atoms with van der Waals surface area (Å²) in [6.45, 7) is 2.38. The van der Waals surface area contributed by atoms with Gasteiger partial charge < -0.3 is 4.74 Å². The van der Waals surface area contributed by atoms with Gasteiger partial charge >= 0.3 is 0 Å². The zero-order valence-electron chi connectivity index (χ0n) is 13.1. The van der Waals surface area contributed by atoms with Crippen LogP contribution in [0.1, 0.15) is 11.1 Å². The third-order valence-corrected chi connectivity index (χ3v) is 5.28. The van der Waals surface area contributed by atoms with Crippen molar-refractivity contribution in [3.63, 3.8) is 0 Å². The van der Waals surface area contributed by atoms with Crippen LogP contribution < -0.4 is 4.74 Å². The van der Waals surface area contributed by atoms with Gasteiger partial charge in [-0.05, 0) is 36.8 Å². The number of hydrogen-bond acceptors (Lipinski definition) is 4. The quantitative estimate of drug-likeness (QED) is 0.816. The summed E-state index contributed by atoms with van der Waals surface area (Å²) in [5.41, 5.74) is 1.21. The molecule has 0 radical (unpaired) electrons. The first-order valence-electron chi connectivity index (χ1n) is 7.10. The molecule has 2 rings (SSSR count). The molecule has 0 amide bonds. The Morgan fingerprint density at radius 3 is 2.61 bits per heavy atom. The van der Waals surface area contributed by atoms with Gasteiger partial charge in [0, 0.05) is 13.6 Å². The molecule has 0 saturated heterocycles. The number of benzene rings is 2. The monoisotopic (exact) mass is 330 g/mol. The predicted molar refractivity (Wildman–Crippen MR) is 87.6 cm³/mol. The fourth-order valence-electron chi connectivity index (χ4n) is 2.07. The van der Waals surface area contributed by atoms with E-state index >= 15 is 0 Å². The van der Waals surface area contributed by atoms with Gasteiger partial charge in [-0.1, -0.05) is 24.3 Å². The average molecular weight is 330 g/mol. The molecule has 0 bridgehead atoms. The van der Waals surface area contributed by atoms with Gasteiger partial charge in [0.1, 0.15) is 18.4 Å². The van der Waals surface area contributed by atoms with Gasteiger partial charge in [-0.25, -0.2) is 8.42 Å². The smallest absolute Gasteiger partial charge is 0.244 e. The minimum atomic E-state index is -3.71. The van der Waals surface area contributed by atoms with Gasteiger partial charge in [-0.15, -0.1) is 0 Å². The van der Waals surface area contributed by atoms with Gasteiger partial charge in [0.2, 0.25) is 10.0 Å². The van der Waals surface area contributed by atoms with E-state index in [4.69, 9.17) is 10.00 Å². The van der Waals surface area contributed by atoms with Crippen LogP contribution in [-0.2, 0) is 10.0 Å². The summed E-state index contributed by atoms with van der Waals surface area (Å²) in [5.74, 6) is 0.702. The van der Waals surface area contributed by atoms with E-state index in [0.717, 1.165) is 5.56 Å². The van der Waals surface area contributed by atoms with E-state index in [1.54, 1.807) is 12.1 Å². The summed E-state index contributed by atoms with van der Waals surface area (Å²) in [5, 5.41) is 9.06. The Labute approximate surface area is 136 Å². The van der Waals surface area contributed by atoms with Crippen LogP contribution in [0.15, 0.2) is 53.4 Å². The van der Waals surface area contributed by atoms with Crippen LogP contribution in [0.5, 0.6) is 5.75 Å². The molecule has 0 saturated carbocycles. The molecule has 0 aliphatic heterocycles. The van der Waals surface area contributed by atoms with Crippen LogP contribution in [0.3, 0.4) is 0 Å². The number of nitriles is 1. The molecule has 0 atom stereocenters. The zero-order valence-corrected chi connectivity index (χ0v) is 13.9. The van der Waals surface area contributed by atoms with Crippen LogP contribution in [0.2, 0.25) is 0 Å². The highest BCUT2D eigenvalue weighted by molar-refractivity contribution is 7.89. The largest absolute Gasteiger partial charge is 0.492 e. The second kappa shape index (κ2) is 7.27. The highest BCUT2D eigenvalue weighted by atomic mass is 32.2. The lowest BCUT2D eigenvalue weighted by Gasteiger charge is -2.18. The van der Waals surface area contributed by atoms with Crippen molar-refractivity contribution >= 4 is 10.0 Å². The molecule has 0 aliphatic rings. The van der Waals surface area contributed by atoms with E-state index in [9.17, 15) is 8.42 Å². The number of rotatable bonds is 6. The van der Waals surface area contributed by atoms with Crippen LogP contribution >= 0.6 is 0 Å². The number of likely N-dealkylation sites (N-methyl/N-ethyl adjacent to an activating group) is 1. The van der Waals surface area contributed by atoms with Crippen molar-refractivity contribution in [2.45, 2.75) is 11.8 Å². The van der Waals surface area contributed by atoms with Crippen molar-refractivity contribution in [1.29, 1.82) is 5.26 Å². The van der Waals surface area contributed by atoms with Crippen molar-refractivity contribution in [2.75, 3.05) is 20.2 Å². The SMILES string of the molecule is Cc1cccc(OCCN(C)S(=O)(=O)c2ccccc2C#N)c1. The van der Waals surface area contributed by atoms with Crippen LogP contribution in [0.25, 0.3) is 0 Å². The average Bonchev–Trinajstić information content (AvgIpc) is 2.54. The molecule has 0 aromatic heterocycles. The van der Waals surface area contributed by atoms with Crippen LogP contribution in [0.4, 0.5) is 0 Å². The summed E-state index contributed by atoms with van der Waals surface area (Å²) in [6.07, 6.45) is 0. The summed E-state index contributed by atoms with van der Waals surface area (Å²) in [6, 6.07) is 15.6.